The molecule has 0 bridgehead atoms. The first-order valence-electron chi connectivity index (χ1n) is 12.4. The molecule has 42 heavy (non-hydrogen) atoms. The van der Waals surface area contributed by atoms with Gasteiger partial charge in [-0.3, -0.25) is 0 Å². The first-order valence-corrected chi connectivity index (χ1v) is 14.0. The number of anilines is 1. The van der Waals surface area contributed by atoms with E-state index in [1.165, 1.54) is 36.4 Å². The lowest BCUT2D eigenvalue weighted by Gasteiger charge is -2.34. The van der Waals surface area contributed by atoms with Gasteiger partial charge in [0.2, 0.25) is 0 Å². The molecule has 0 radical (unpaired) electrons. The predicted molar refractivity (Wildman–Crippen MR) is 154 cm³/mol. The Labute approximate surface area is 252 Å². The number of aliphatic hydroxyl groups is 1. The smallest absolute Gasteiger partial charge is 0.446 e. The van der Waals surface area contributed by atoms with E-state index in [1.807, 2.05) is 0 Å². The second-order valence-electron chi connectivity index (χ2n) is 9.21. The van der Waals surface area contributed by atoms with E-state index in [0.29, 0.717) is 22.6 Å². The van der Waals surface area contributed by atoms with Crippen LogP contribution >= 0.6 is 35.0 Å². The van der Waals surface area contributed by atoms with Gasteiger partial charge in [0.05, 0.1) is 24.1 Å². The van der Waals surface area contributed by atoms with Crippen LogP contribution in [-0.2, 0) is 13.0 Å². The Hall–Kier alpha value is -3.05. The number of rotatable bonds is 10. The summed E-state index contributed by atoms with van der Waals surface area (Å²) in [5, 5.41) is 11.0. The van der Waals surface area contributed by atoms with E-state index in [9.17, 15) is 31.4 Å². The molecule has 0 saturated heterocycles. The minimum atomic E-state index is -4.49. The molecule has 0 amide bonds. The van der Waals surface area contributed by atoms with Crippen LogP contribution in [0.15, 0.2) is 95.9 Å². The number of aliphatic hydroxyl groups excluding tert-OH is 1. The quantitative estimate of drug-likeness (QED) is 0.137. The second-order valence-corrected chi connectivity index (χ2v) is 11.1. The van der Waals surface area contributed by atoms with Crippen molar-refractivity contribution in [1.29, 1.82) is 0 Å². The van der Waals surface area contributed by atoms with Crippen molar-refractivity contribution in [3.05, 3.63) is 118 Å². The van der Waals surface area contributed by atoms with Crippen molar-refractivity contribution < 1.29 is 36.2 Å². The van der Waals surface area contributed by atoms with Crippen LogP contribution in [0.25, 0.3) is 0 Å². The van der Waals surface area contributed by atoms with Gasteiger partial charge in [0.15, 0.2) is 0 Å². The lowest BCUT2D eigenvalue weighted by molar-refractivity contribution is -0.127. The Morgan fingerprint density at radius 3 is 2.21 bits per heavy atom. The van der Waals surface area contributed by atoms with E-state index in [4.69, 9.17) is 27.9 Å². The number of hydrogen-bond acceptors (Lipinski definition) is 4. The van der Waals surface area contributed by atoms with Gasteiger partial charge >= 0.3 is 11.7 Å². The number of thioether (sulfide) groups is 1. The highest BCUT2D eigenvalue weighted by molar-refractivity contribution is 8.00. The van der Waals surface area contributed by atoms with Gasteiger partial charge in [-0.15, -0.1) is 0 Å². The molecule has 0 aliphatic rings. The van der Waals surface area contributed by atoms with E-state index in [1.54, 1.807) is 59.5 Å². The number of hydrogen-bond donors (Lipinski definition) is 1. The molecule has 4 aromatic carbocycles. The van der Waals surface area contributed by atoms with Crippen molar-refractivity contribution in [2.75, 3.05) is 11.5 Å². The monoisotopic (exact) mass is 645 g/mol. The maximum Gasteiger partial charge on any atom is 0.446 e. The molecule has 0 aromatic heterocycles. The number of halogens is 8. The summed E-state index contributed by atoms with van der Waals surface area (Å²) in [6.45, 7) is -0.486. The molecule has 0 aliphatic heterocycles. The highest BCUT2D eigenvalue weighted by atomic mass is 35.5. The molecule has 12 heteroatoms. The van der Waals surface area contributed by atoms with Gasteiger partial charge in [-0.2, -0.15) is 26.3 Å². The summed E-state index contributed by atoms with van der Waals surface area (Å²) in [7, 11) is 0. The molecule has 3 nitrogen and oxygen atoms in total. The molecule has 222 valence electrons. The van der Waals surface area contributed by atoms with E-state index in [2.05, 4.69) is 0 Å². The highest BCUT2D eigenvalue weighted by Gasteiger charge is 2.30. The summed E-state index contributed by atoms with van der Waals surface area (Å²) in [6.07, 6.45) is -5.59. The third-order valence-corrected chi connectivity index (χ3v) is 7.59. The third kappa shape index (κ3) is 8.97. The average Bonchev–Trinajstić information content (AvgIpc) is 2.90. The average molecular weight is 646 g/mol. The second kappa shape index (κ2) is 13.5. The van der Waals surface area contributed by atoms with Crippen LogP contribution in [0.4, 0.5) is 32.0 Å². The lowest BCUT2D eigenvalue weighted by Crippen LogP contribution is -2.31. The fraction of sp³-hybridized carbons (Fsp3) is 0.200. The Bertz CT molecular complexity index is 1520. The number of nitrogens with zero attached hydrogens (tertiary/aromatic N) is 1. The molecule has 4 aromatic rings. The van der Waals surface area contributed by atoms with Crippen LogP contribution in [0, 0.1) is 0 Å². The van der Waals surface area contributed by atoms with Crippen LogP contribution in [0.1, 0.15) is 22.7 Å². The topological polar surface area (TPSA) is 32.7 Å². The molecule has 0 saturated carbocycles. The van der Waals surface area contributed by atoms with Gasteiger partial charge in [0.25, 0.3) is 0 Å². The minimum absolute atomic E-state index is 0.00894. The van der Waals surface area contributed by atoms with E-state index >= 15 is 0 Å². The van der Waals surface area contributed by atoms with Crippen LogP contribution in [0.3, 0.4) is 0 Å². The Balaban J connectivity index is 1.75. The summed E-state index contributed by atoms with van der Waals surface area (Å²) < 4.78 is 84.4. The van der Waals surface area contributed by atoms with Crippen LogP contribution in [-0.4, -0.2) is 23.4 Å². The number of benzene rings is 4. The van der Waals surface area contributed by atoms with Crippen LogP contribution in [0.2, 0.25) is 10.0 Å². The Kier molecular flexibility index (Phi) is 10.2. The van der Waals surface area contributed by atoms with Gasteiger partial charge in [-0.05, 0) is 64.9 Å². The summed E-state index contributed by atoms with van der Waals surface area (Å²) in [6, 6.07) is 22.3. The lowest BCUT2D eigenvalue weighted by atomic mass is 10.00. The van der Waals surface area contributed by atoms with Gasteiger partial charge in [-0.1, -0.05) is 71.7 Å². The summed E-state index contributed by atoms with van der Waals surface area (Å²) in [4.78, 5) is 1.66. The van der Waals surface area contributed by atoms with Gasteiger partial charge in [-0.25, -0.2) is 0 Å². The Morgan fingerprint density at radius 2 is 1.50 bits per heavy atom. The molecule has 1 atom stereocenters. The summed E-state index contributed by atoms with van der Waals surface area (Å²) >= 11 is 12.1. The first kappa shape index (κ1) is 31.9. The summed E-state index contributed by atoms with van der Waals surface area (Å²) in [5.41, 5.74) is -3.12. The number of ether oxygens (including phenoxy) is 1. The maximum atomic E-state index is 13.1. The molecular weight excluding hydrogens is 623 g/mol. The normalized spacial score (nSPS) is 12.7. The summed E-state index contributed by atoms with van der Waals surface area (Å²) in [5.74, 6) is 0.619. The maximum absolute atomic E-state index is 13.1. The Morgan fingerprint density at radius 1 is 0.810 bits per heavy atom. The SMILES string of the molecule is OCC(c1cccc(CC(F)(F)F)c1)N(Cc1cccc(SC(F)(F)F)c1)c1cccc(Oc2cccc(Cl)c2Cl)c1. The van der Waals surface area contributed by atoms with Crippen molar-refractivity contribution in [2.45, 2.75) is 35.6 Å². The fourth-order valence-corrected chi connectivity index (χ4v) is 5.31. The van der Waals surface area contributed by atoms with E-state index < -0.39 is 30.8 Å². The zero-order valence-corrected chi connectivity index (χ0v) is 23.9. The highest BCUT2D eigenvalue weighted by Crippen LogP contribution is 2.39. The minimum Gasteiger partial charge on any atom is -0.456 e. The van der Waals surface area contributed by atoms with Crippen LogP contribution in [0.5, 0.6) is 11.5 Å². The molecule has 0 spiro atoms. The number of alkyl halides is 6. The third-order valence-electron chi connectivity index (χ3n) is 6.07. The van der Waals surface area contributed by atoms with Gasteiger partial charge < -0.3 is 14.7 Å². The van der Waals surface area contributed by atoms with Crippen molar-refractivity contribution in [2.24, 2.45) is 0 Å². The zero-order chi connectivity index (χ0) is 30.5. The van der Waals surface area contributed by atoms with Crippen molar-refractivity contribution in [3.8, 4) is 11.5 Å². The molecule has 0 fully saturated rings. The van der Waals surface area contributed by atoms with E-state index in [0.717, 1.165) is 0 Å². The predicted octanol–water partition coefficient (Wildman–Crippen LogP) is 10.2. The molecule has 0 aliphatic carbocycles. The molecule has 1 unspecified atom stereocenters. The molecule has 1 N–H and O–H groups in total. The van der Waals surface area contributed by atoms with Crippen molar-refractivity contribution in [3.63, 3.8) is 0 Å². The van der Waals surface area contributed by atoms with Gasteiger partial charge in [0, 0.05) is 23.2 Å². The zero-order valence-electron chi connectivity index (χ0n) is 21.6. The molecular formula is C30H23Cl2F6NO2S. The standard InChI is InChI=1S/C30H23Cl2F6NO2S/c31-25-11-4-12-27(28(25)32)41-23-9-3-8-22(15-23)39(17-20-6-2-10-24(14-20)42-30(36,37)38)26(18-40)21-7-1-5-19(13-21)16-29(33,34)35/h1-15,26,40H,16-18H2. The van der Waals surface area contributed by atoms with Crippen LogP contribution < -0.4 is 9.64 Å². The fourth-order valence-electron chi connectivity index (χ4n) is 4.36. The van der Waals surface area contributed by atoms with E-state index in [-0.39, 0.29) is 44.6 Å². The van der Waals surface area contributed by atoms with Crippen molar-refractivity contribution >= 4 is 40.7 Å². The van der Waals surface area contributed by atoms with Crippen molar-refractivity contribution in [1.82, 2.24) is 0 Å². The van der Waals surface area contributed by atoms with Gasteiger partial charge in [0.1, 0.15) is 16.5 Å². The largest absolute Gasteiger partial charge is 0.456 e. The molecule has 4 rings (SSSR count). The first-order chi connectivity index (χ1) is 19.8. The molecule has 0 heterocycles.